The van der Waals surface area contributed by atoms with Gasteiger partial charge in [-0.15, -0.1) is 0 Å². The van der Waals surface area contributed by atoms with Crippen molar-refractivity contribution in [2.24, 2.45) is 0 Å². The van der Waals surface area contributed by atoms with Gasteiger partial charge in [0, 0.05) is 11.6 Å². The molecular formula is C17H14ClN3O2S2. The maximum absolute atomic E-state index is 12.2. The fraction of sp³-hybridized carbons (Fsp3) is 0.118. The van der Waals surface area contributed by atoms with Gasteiger partial charge in [-0.25, -0.2) is 4.98 Å². The molecule has 0 fully saturated rings. The first-order valence-electron chi connectivity index (χ1n) is 7.29. The SMILES string of the molecule is COc1cc2sc(NC(=S)NC(=O)c3ccc(C)cc3)nc2cc1Cl. The summed E-state index contributed by atoms with van der Waals surface area (Å²) in [5.74, 6) is 0.308. The van der Waals surface area contributed by atoms with Gasteiger partial charge >= 0.3 is 0 Å². The Morgan fingerprint density at radius 2 is 2.00 bits per heavy atom. The number of halogens is 1. The molecule has 0 aliphatic heterocycles. The molecule has 25 heavy (non-hydrogen) atoms. The van der Waals surface area contributed by atoms with Crippen LogP contribution in [0.15, 0.2) is 36.4 Å². The molecule has 5 nitrogen and oxygen atoms in total. The van der Waals surface area contributed by atoms with Crippen molar-refractivity contribution in [3.05, 3.63) is 52.5 Å². The Kier molecular flexibility index (Phi) is 5.17. The number of nitrogens with one attached hydrogen (secondary N) is 2. The minimum Gasteiger partial charge on any atom is -0.495 e. The molecule has 0 radical (unpaired) electrons. The molecule has 0 atom stereocenters. The van der Waals surface area contributed by atoms with Crippen LogP contribution in [0.25, 0.3) is 10.2 Å². The first kappa shape index (κ1) is 17.6. The van der Waals surface area contributed by atoms with Crippen molar-refractivity contribution in [2.75, 3.05) is 12.4 Å². The van der Waals surface area contributed by atoms with Crippen LogP contribution in [0.1, 0.15) is 15.9 Å². The zero-order valence-electron chi connectivity index (χ0n) is 13.4. The van der Waals surface area contributed by atoms with Gasteiger partial charge in [-0.2, -0.15) is 0 Å². The van der Waals surface area contributed by atoms with Crippen molar-refractivity contribution in [1.29, 1.82) is 0 Å². The first-order chi connectivity index (χ1) is 12.0. The minimum absolute atomic E-state index is 0.183. The lowest BCUT2D eigenvalue weighted by Crippen LogP contribution is -2.34. The lowest BCUT2D eigenvalue weighted by atomic mass is 10.1. The molecule has 0 aliphatic rings. The number of carbonyl (C=O) groups excluding carboxylic acids is 1. The minimum atomic E-state index is -0.275. The van der Waals surface area contributed by atoms with Crippen LogP contribution in [0.5, 0.6) is 5.75 Å². The van der Waals surface area contributed by atoms with Gasteiger partial charge in [0.25, 0.3) is 5.91 Å². The van der Waals surface area contributed by atoms with Crippen molar-refractivity contribution in [3.63, 3.8) is 0 Å². The molecule has 0 bridgehead atoms. The van der Waals surface area contributed by atoms with Gasteiger partial charge in [0.05, 0.1) is 22.3 Å². The molecule has 1 heterocycles. The number of rotatable bonds is 3. The number of methoxy groups -OCH3 is 1. The molecule has 2 N–H and O–H groups in total. The van der Waals surface area contributed by atoms with E-state index in [2.05, 4.69) is 15.6 Å². The average Bonchev–Trinajstić information content (AvgIpc) is 2.95. The third kappa shape index (κ3) is 4.07. The van der Waals surface area contributed by atoms with Crippen molar-refractivity contribution in [1.82, 2.24) is 10.3 Å². The number of nitrogens with zero attached hydrogens (tertiary/aromatic N) is 1. The monoisotopic (exact) mass is 391 g/mol. The maximum Gasteiger partial charge on any atom is 0.257 e. The Balaban J connectivity index is 1.71. The van der Waals surface area contributed by atoms with E-state index in [0.717, 1.165) is 15.8 Å². The second-order valence-corrected chi connectivity index (χ2v) is 7.09. The topological polar surface area (TPSA) is 63.2 Å². The van der Waals surface area contributed by atoms with Crippen LogP contribution in [-0.2, 0) is 0 Å². The Hall–Kier alpha value is -2.22. The Morgan fingerprint density at radius 3 is 2.68 bits per heavy atom. The molecular weight excluding hydrogens is 378 g/mol. The van der Waals surface area contributed by atoms with E-state index < -0.39 is 0 Å². The zero-order chi connectivity index (χ0) is 18.0. The normalized spacial score (nSPS) is 10.5. The highest BCUT2D eigenvalue weighted by molar-refractivity contribution is 7.80. The summed E-state index contributed by atoms with van der Waals surface area (Å²) >= 11 is 12.7. The van der Waals surface area contributed by atoms with E-state index in [4.69, 9.17) is 28.6 Å². The van der Waals surface area contributed by atoms with E-state index in [1.807, 2.05) is 25.1 Å². The second kappa shape index (κ2) is 7.35. The number of fused-ring (bicyclic) bond motifs is 1. The summed E-state index contributed by atoms with van der Waals surface area (Å²) in [5, 5.41) is 6.80. The second-order valence-electron chi connectivity index (χ2n) is 5.25. The number of amides is 1. The van der Waals surface area contributed by atoms with Crippen LogP contribution in [0.2, 0.25) is 5.02 Å². The van der Waals surface area contributed by atoms with Crippen LogP contribution in [-0.4, -0.2) is 23.1 Å². The largest absolute Gasteiger partial charge is 0.495 e. The molecule has 3 aromatic rings. The highest BCUT2D eigenvalue weighted by atomic mass is 35.5. The van der Waals surface area contributed by atoms with E-state index in [1.165, 1.54) is 11.3 Å². The van der Waals surface area contributed by atoms with Crippen LogP contribution in [0.3, 0.4) is 0 Å². The number of thiazole rings is 1. The zero-order valence-corrected chi connectivity index (χ0v) is 15.8. The van der Waals surface area contributed by atoms with Crippen molar-refractivity contribution >= 4 is 61.5 Å². The number of aromatic nitrogens is 1. The first-order valence-corrected chi connectivity index (χ1v) is 8.89. The Morgan fingerprint density at radius 1 is 1.28 bits per heavy atom. The van der Waals surface area contributed by atoms with Crippen molar-refractivity contribution in [3.8, 4) is 5.75 Å². The van der Waals surface area contributed by atoms with Gasteiger partial charge in [-0.3, -0.25) is 10.1 Å². The van der Waals surface area contributed by atoms with E-state index in [1.54, 1.807) is 25.3 Å². The molecule has 0 saturated carbocycles. The van der Waals surface area contributed by atoms with Crippen LogP contribution >= 0.6 is 35.2 Å². The fourth-order valence-electron chi connectivity index (χ4n) is 2.15. The van der Waals surface area contributed by atoms with Gasteiger partial charge in [-0.05, 0) is 37.3 Å². The third-order valence-electron chi connectivity index (χ3n) is 3.42. The van der Waals surface area contributed by atoms with Crippen molar-refractivity contribution in [2.45, 2.75) is 6.92 Å². The Bertz CT molecular complexity index is 954. The molecule has 1 aromatic heterocycles. The molecule has 8 heteroatoms. The van der Waals surface area contributed by atoms with Crippen LogP contribution in [0.4, 0.5) is 5.13 Å². The van der Waals surface area contributed by atoms with Gasteiger partial charge in [0.1, 0.15) is 5.75 Å². The van der Waals surface area contributed by atoms with Crippen LogP contribution in [0, 0.1) is 6.92 Å². The summed E-state index contributed by atoms with van der Waals surface area (Å²) < 4.78 is 6.10. The molecule has 0 spiro atoms. The highest BCUT2D eigenvalue weighted by Crippen LogP contribution is 2.34. The quantitative estimate of drug-likeness (QED) is 0.648. The van der Waals surface area contributed by atoms with E-state index in [0.29, 0.717) is 21.5 Å². The number of hydrogen-bond acceptors (Lipinski definition) is 5. The van der Waals surface area contributed by atoms with Crippen molar-refractivity contribution < 1.29 is 9.53 Å². The smallest absolute Gasteiger partial charge is 0.257 e. The molecule has 2 aromatic carbocycles. The number of benzene rings is 2. The number of anilines is 1. The van der Waals surface area contributed by atoms with Gasteiger partial charge in [-0.1, -0.05) is 40.6 Å². The number of hydrogen-bond donors (Lipinski definition) is 2. The van der Waals surface area contributed by atoms with Gasteiger partial charge < -0.3 is 10.1 Å². The summed E-state index contributed by atoms with van der Waals surface area (Å²) in [6.45, 7) is 1.96. The molecule has 0 unspecified atom stereocenters. The molecule has 0 saturated heterocycles. The summed E-state index contributed by atoms with van der Waals surface area (Å²) in [5.41, 5.74) is 2.35. The number of ether oxygens (including phenoxy) is 1. The van der Waals surface area contributed by atoms with E-state index >= 15 is 0 Å². The molecule has 0 aliphatic carbocycles. The molecule has 128 valence electrons. The molecule has 3 rings (SSSR count). The van der Waals surface area contributed by atoms with Gasteiger partial charge in [0.15, 0.2) is 10.2 Å². The average molecular weight is 392 g/mol. The standard InChI is InChI=1S/C17H14ClN3O2S2/c1-9-3-5-10(6-4-9)15(22)20-16(24)21-17-19-12-7-11(18)13(23-2)8-14(12)25-17/h3-8H,1-2H3,(H2,19,20,21,22,24). The number of aryl methyl sites for hydroxylation is 1. The fourth-order valence-corrected chi connectivity index (χ4v) is 3.52. The summed E-state index contributed by atoms with van der Waals surface area (Å²) in [6.07, 6.45) is 0. The lowest BCUT2D eigenvalue weighted by Gasteiger charge is -2.07. The summed E-state index contributed by atoms with van der Waals surface area (Å²) in [7, 11) is 1.56. The summed E-state index contributed by atoms with van der Waals surface area (Å²) in [4.78, 5) is 16.6. The highest BCUT2D eigenvalue weighted by Gasteiger charge is 2.12. The summed E-state index contributed by atoms with van der Waals surface area (Å²) in [6, 6.07) is 10.8. The predicted molar refractivity (Wildman–Crippen MR) is 106 cm³/mol. The van der Waals surface area contributed by atoms with Crippen LogP contribution < -0.4 is 15.4 Å². The lowest BCUT2D eigenvalue weighted by molar-refractivity contribution is 0.0977. The van der Waals surface area contributed by atoms with E-state index in [9.17, 15) is 4.79 Å². The number of thiocarbonyl (C=S) groups is 1. The van der Waals surface area contributed by atoms with Gasteiger partial charge in [0.2, 0.25) is 0 Å². The maximum atomic E-state index is 12.2. The number of carbonyl (C=O) groups is 1. The third-order valence-corrected chi connectivity index (χ3v) is 4.86. The molecule has 1 amide bonds. The predicted octanol–water partition coefficient (Wildman–Crippen LogP) is 4.39. The Labute approximate surface area is 159 Å². The van der Waals surface area contributed by atoms with E-state index in [-0.39, 0.29) is 11.0 Å².